The fourth-order valence-electron chi connectivity index (χ4n) is 2.23. The van der Waals surface area contributed by atoms with Gasteiger partial charge in [0.05, 0.1) is 12.7 Å². The van der Waals surface area contributed by atoms with Gasteiger partial charge in [0, 0.05) is 11.6 Å². The minimum absolute atomic E-state index is 0.00467. The molecule has 3 aromatic rings. The summed E-state index contributed by atoms with van der Waals surface area (Å²) in [5, 5.41) is 7.52. The molecule has 0 aliphatic carbocycles. The van der Waals surface area contributed by atoms with Gasteiger partial charge in [-0.25, -0.2) is 22.2 Å². The van der Waals surface area contributed by atoms with Crippen LogP contribution < -0.4 is 0 Å². The van der Waals surface area contributed by atoms with Crippen molar-refractivity contribution >= 4 is 0 Å². The second kappa shape index (κ2) is 5.83. The van der Waals surface area contributed by atoms with Gasteiger partial charge < -0.3 is 0 Å². The van der Waals surface area contributed by atoms with Crippen molar-refractivity contribution in [2.75, 3.05) is 0 Å². The van der Waals surface area contributed by atoms with Gasteiger partial charge in [0.1, 0.15) is 17.3 Å². The molecule has 0 unspecified atom stereocenters. The highest BCUT2D eigenvalue weighted by molar-refractivity contribution is 5.58. The zero-order valence-electron chi connectivity index (χ0n) is 12.0. The topological polar surface area (TPSA) is 30.7 Å². The van der Waals surface area contributed by atoms with E-state index in [4.69, 9.17) is 0 Å². The first-order chi connectivity index (χ1) is 10.9. The normalized spacial score (nSPS) is 11.0. The maximum atomic E-state index is 13.8. The first-order valence-electron chi connectivity index (χ1n) is 6.74. The van der Waals surface area contributed by atoms with Gasteiger partial charge in [-0.15, -0.1) is 5.10 Å². The molecule has 0 atom stereocenters. The van der Waals surface area contributed by atoms with Crippen LogP contribution in [0.25, 0.3) is 11.3 Å². The summed E-state index contributed by atoms with van der Waals surface area (Å²) < 4.78 is 54.9. The Hall–Kier alpha value is -2.70. The van der Waals surface area contributed by atoms with Crippen molar-refractivity contribution in [2.24, 2.45) is 0 Å². The van der Waals surface area contributed by atoms with Crippen LogP contribution in [0.15, 0.2) is 36.5 Å². The first kappa shape index (κ1) is 15.2. The van der Waals surface area contributed by atoms with Gasteiger partial charge >= 0.3 is 0 Å². The number of aromatic nitrogens is 3. The molecule has 0 spiro atoms. The van der Waals surface area contributed by atoms with E-state index in [2.05, 4.69) is 10.3 Å². The summed E-state index contributed by atoms with van der Waals surface area (Å²) in [6.07, 6.45) is 1.35. The first-order valence-corrected chi connectivity index (χ1v) is 6.74. The number of halogens is 4. The molecule has 1 heterocycles. The van der Waals surface area contributed by atoms with E-state index >= 15 is 0 Å². The largest absolute Gasteiger partial charge is 0.247 e. The molecule has 2 aromatic carbocycles. The minimum atomic E-state index is -1.30. The number of hydrogen-bond donors (Lipinski definition) is 0. The number of aryl methyl sites for hydroxylation is 1. The molecule has 0 fully saturated rings. The van der Waals surface area contributed by atoms with Gasteiger partial charge in [-0.1, -0.05) is 11.3 Å². The lowest BCUT2D eigenvalue weighted by atomic mass is 10.1. The molecular weight excluding hydrogens is 310 g/mol. The lowest BCUT2D eigenvalue weighted by molar-refractivity contribution is 0.497. The molecule has 0 amide bonds. The van der Waals surface area contributed by atoms with Crippen molar-refractivity contribution in [1.82, 2.24) is 15.0 Å². The molecule has 0 radical (unpaired) electrons. The van der Waals surface area contributed by atoms with Gasteiger partial charge in [-0.2, -0.15) is 0 Å². The third kappa shape index (κ3) is 3.08. The third-order valence-corrected chi connectivity index (χ3v) is 3.45. The van der Waals surface area contributed by atoms with Crippen LogP contribution in [0.3, 0.4) is 0 Å². The van der Waals surface area contributed by atoms with E-state index in [1.165, 1.54) is 23.0 Å². The second-order valence-corrected chi connectivity index (χ2v) is 5.12. The molecule has 0 bridgehead atoms. The minimum Gasteiger partial charge on any atom is -0.247 e. The van der Waals surface area contributed by atoms with E-state index in [-0.39, 0.29) is 23.6 Å². The van der Waals surface area contributed by atoms with Gasteiger partial charge in [-0.05, 0) is 36.2 Å². The van der Waals surface area contributed by atoms with Crippen LogP contribution in [-0.4, -0.2) is 15.0 Å². The van der Waals surface area contributed by atoms with Crippen LogP contribution in [0.4, 0.5) is 17.6 Å². The molecule has 23 heavy (non-hydrogen) atoms. The second-order valence-electron chi connectivity index (χ2n) is 5.12. The summed E-state index contributed by atoms with van der Waals surface area (Å²) >= 11 is 0. The lowest BCUT2D eigenvalue weighted by Crippen LogP contribution is -2.02. The summed E-state index contributed by atoms with van der Waals surface area (Å²) in [5.74, 6) is -3.78. The highest BCUT2D eigenvalue weighted by atomic mass is 19.2. The van der Waals surface area contributed by atoms with E-state index in [1.807, 2.05) is 6.92 Å². The molecule has 1 aromatic heterocycles. The molecule has 0 saturated carbocycles. The van der Waals surface area contributed by atoms with Crippen molar-refractivity contribution in [2.45, 2.75) is 13.5 Å². The van der Waals surface area contributed by atoms with Crippen LogP contribution in [0, 0.1) is 30.2 Å². The summed E-state index contributed by atoms with van der Waals surface area (Å²) in [4.78, 5) is 0. The summed E-state index contributed by atoms with van der Waals surface area (Å²) in [7, 11) is 0. The Morgan fingerprint density at radius 1 is 1.00 bits per heavy atom. The average Bonchev–Trinajstić information content (AvgIpc) is 2.95. The quantitative estimate of drug-likeness (QED) is 0.542. The highest BCUT2D eigenvalue weighted by Gasteiger charge is 2.16. The predicted molar refractivity (Wildman–Crippen MR) is 75.6 cm³/mol. The van der Waals surface area contributed by atoms with Gasteiger partial charge in [0.2, 0.25) is 0 Å². The molecular formula is C16H11F4N3. The Kier molecular flexibility index (Phi) is 3.85. The maximum absolute atomic E-state index is 13.8. The van der Waals surface area contributed by atoms with Gasteiger partial charge in [0.25, 0.3) is 0 Å². The van der Waals surface area contributed by atoms with Gasteiger partial charge in [-0.3, -0.25) is 0 Å². The van der Waals surface area contributed by atoms with E-state index in [0.29, 0.717) is 11.6 Å². The Labute approximate surface area is 129 Å². The smallest absolute Gasteiger partial charge is 0.168 e. The van der Waals surface area contributed by atoms with Crippen molar-refractivity contribution < 1.29 is 17.6 Å². The zero-order valence-corrected chi connectivity index (χ0v) is 12.0. The van der Waals surface area contributed by atoms with Crippen LogP contribution >= 0.6 is 0 Å². The molecule has 0 N–H and O–H groups in total. The summed E-state index contributed by atoms with van der Waals surface area (Å²) in [6, 6.07) is 5.64. The lowest BCUT2D eigenvalue weighted by Gasteiger charge is -2.05. The van der Waals surface area contributed by atoms with E-state index in [1.54, 1.807) is 6.07 Å². The standard InChI is InChI=1S/C16H11F4N3/c1-9-2-3-11(17)4-10(9)7-23-8-15(21-22-23)13-5-12(18)6-14(19)16(13)20/h2-6,8H,7H2,1H3. The third-order valence-electron chi connectivity index (χ3n) is 3.45. The molecule has 0 aliphatic rings. The Morgan fingerprint density at radius 3 is 2.57 bits per heavy atom. The molecule has 118 valence electrons. The van der Waals surface area contributed by atoms with Crippen LogP contribution in [0.2, 0.25) is 0 Å². The molecule has 0 aliphatic heterocycles. The number of benzene rings is 2. The van der Waals surface area contributed by atoms with Crippen molar-refractivity contribution in [3.8, 4) is 11.3 Å². The van der Waals surface area contributed by atoms with Crippen LogP contribution in [-0.2, 0) is 6.54 Å². The molecule has 3 rings (SSSR count). The highest BCUT2D eigenvalue weighted by Crippen LogP contribution is 2.24. The molecule has 0 saturated heterocycles. The predicted octanol–water partition coefficient (Wildman–Crippen LogP) is 3.86. The zero-order chi connectivity index (χ0) is 16.6. The summed E-state index contributed by atoms with van der Waals surface area (Å²) in [5.41, 5.74) is 1.21. The van der Waals surface area contributed by atoms with Gasteiger partial charge in [0.15, 0.2) is 11.6 Å². The number of hydrogen-bond acceptors (Lipinski definition) is 2. The Balaban J connectivity index is 1.94. The maximum Gasteiger partial charge on any atom is 0.168 e. The Bertz CT molecular complexity index is 874. The van der Waals surface area contributed by atoms with Crippen molar-refractivity contribution in [3.05, 3.63) is 70.9 Å². The fourth-order valence-corrected chi connectivity index (χ4v) is 2.23. The molecule has 7 heteroatoms. The monoisotopic (exact) mass is 321 g/mol. The molecule has 3 nitrogen and oxygen atoms in total. The van der Waals surface area contributed by atoms with Crippen LogP contribution in [0.1, 0.15) is 11.1 Å². The SMILES string of the molecule is Cc1ccc(F)cc1Cn1cc(-c2cc(F)cc(F)c2F)nn1. The van der Waals surface area contributed by atoms with Crippen LogP contribution in [0.5, 0.6) is 0 Å². The van der Waals surface area contributed by atoms with Crippen molar-refractivity contribution in [3.63, 3.8) is 0 Å². The van der Waals surface area contributed by atoms with E-state index in [0.717, 1.165) is 11.6 Å². The fraction of sp³-hybridized carbons (Fsp3) is 0.125. The van der Waals surface area contributed by atoms with E-state index in [9.17, 15) is 17.6 Å². The summed E-state index contributed by atoms with van der Waals surface area (Å²) in [6.45, 7) is 2.02. The van der Waals surface area contributed by atoms with E-state index < -0.39 is 17.5 Å². The van der Waals surface area contributed by atoms with Crippen molar-refractivity contribution in [1.29, 1.82) is 0 Å². The number of rotatable bonds is 3. The Morgan fingerprint density at radius 2 is 1.78 bits per heavy atom. The number of nitrogens with zero attached hydrogens (tertiary/aromatic N) is 3. The average molecular weight is 321 g/mol.